The van der Waals surface area contributed by atoms with Crippen molar-refractivity contribution in [1.29, 1.82) is 0 Å². The summed E-state index contributed by atoms with van der Waals surface area (Å²) in [6.45, 7) is 5.68. The van der Waals surface area contributed by atoms with Gasteiger partial charge in [-0.3, -0.25) is 4.90 Å². The maximum atomic E-state index is 11.8. The number of aliphatic hydroxyl groups excluding tert-OH is 1. The van der Waals surface area contributed by atoms with Crippen LogP contribution < -0.4 is 10.4 Å². The highest BCUT2D eigenvalue weighted by atomic mass is 16.5. The predicted molar refractivity (Wildman–Crippen MR) is 91.4 cm³/mol. The number of aliphatic hydroxyl groups is 1. The molecule has 1 fully saturated rings. The van der Waals surface area contributed by atoms with E-state index >= 15 is 0 Å². The van der Waals surface area contributed by atoms with Gasteiger partial charge in [0.25, 0.3) is 0 Å². The number of ether oxygens (including phenoxy) is 1. The highest BCUT2D eigenvalue weighted by molar-refractivity contribution is 5.83. The summed E-state index contributed by atoms with van der Waals surface area (Å²) in [5.41, 5.74) is 0.259. The zero-order chi connectivity index (χ0) is 16.9. The summed E-state index contributed by atoms with van der Waals surface area (Å²) in [5.74, 6) is 0.697. The Morgan fingerprint density at radius 1 is 1.12 bits per heavy atom. The normalized spacial score (nSPS) is 26.8. The molecule has 0 unspecified atom stereocenters. The van der Waals surface area contributed by atoms with Gasteiger partial charge in [0.1, 0.15) is 23.0 Å². The molecule has 2 aliphatic heterocycles. The second-order valence-corrected chi connectivity index (χ2v) is 7.34. The van der Waals surface area contributed by atoms with Crippen molar-refractivity contribution >= 4 is 11.0 Å². The molecule has 1 aromatic heterocycles. The van der Waals surface area contributed by atoms with E-state index in [-0.39, 0.29) is 11.7 Å². The zero-order valence-electron chi connectivity index (χ0n) is 14.1. The van der Waals surface area contributed by atoms with Gasteiger partial charge in [0.05, 0.1) is 11.6 Å². The number of fused-ring (bicyclic) bond motifs is 3. The van der Waals surface area contributed by atoms with Crippen LogP contribution in [0.5, 0.6) is 5.75 Å². The molecule has 128 valence electrons. The number of benzene rings is 1. The Bertz CT molecular complexity index is 820. The summed E-state index contributed by atoms with van der Waals surface area (Å²) in [6, 6.07) is 6.79. The van der Waals surface area contributed by atoms with Crippen molar-refractivity contribution in [2.24, 2.45) is 0 Å². The average molecular weight is 329 g/mol. The molecule has 4 rings (SSSR count). The summed E-state index contributed by atoms with van der Waals surface area (Å²) < 4.78 is 11.6. The molecule has 5 nitrogen and oxygen atoms in total. The van der Waals surface area contributed by atoms with Gasteiger partial charge in [0.2, 0.25) is 0 Å². The highest BCUT2D eigenvalue weighted by Crippen LogP contribution is 2.46. The van der Waals surface area contributed by atoms with Crippen molar-refractivity contribution < 1.29 is 14.3 Å². The van der Waals surface area contributed by atoms with E-state index in [0.717, 1.165) is 36.9 Å². The van der Waals surface area contributed by atoms with Crippen LogP contribution in [0, 0.1) is 0 Å². The molecular formula is C19H23NO4. The third-order valence-corrected chi connectivity index (χ3v) is 5.25. The van der Waals surface area contributed by atoms with Crippen molar-refractivity contribution in [2.75, 3.05) is 13.1 Å². The van der Waals surface area contributed by atoms with E-state index < -0.39 is 11.7 Å². The molecule has 3 heterocycles. The molecule has 0 bridgehead atoms. The Morgan fingerprint density at radius 2 is 1.83 bits per heavy atom. The number of hydrogen-bond acceptors (Lipinski definition) is 5. The summed E-state index contributed by atoms with van der Waals surface area (Å²) in [6.07, 6.45) is 2.76. The van der Waals surface area contributed by atoms with Crippen LogP contribution in [0.15, 0.2) is 33.5 Å². The largest absolute Gasteiger partial charge is 0.485 e. The van der Waals surface area contributed by atoms with Crippen LogP contribution in [0.3, 0.4) is 0 Å². The Hall–Kier alpha value is -1.85. The molecular weight excluding hydrogens is 306 g/mol. The first-order valence-corrected chi connectivity index (χ1v) is 8.65. The molecule has 2 atom stereocenters. The third kappa shape index (κ3) is 2.43. The Labute approximate surface area is 140 Å². The van der Waals surface area contributed by atoms with Crippen LogP contribution >= 0.6 is 0 Å². The molecule has 2 aromatic rings. The van der Waals surface area contributed by atoms with E-state index in [4.69, 9.17) is 9.15 Å². The molecule has 0 radical (unpaired) electrons. The minimum atomic E-state index is -0.697. The number of likely N-dealkylation sites (tertiary alicyclic amines) is 1. The maximum Gasteiger partial charge on any atom is 0.336 e. The van der Waals surface area contributed by atoms with Crippen molar-refractivity contribution in [3.05, 3.63) is 40.2 Å². The van der Waals surface area contributed by atoms with E-state index in [0.29, 0.717) is 11.3 Å². The van der Waals surface area contributed by atoms with E-state index in [1.807, 2.05) is 26.0 Å². The van der Waals surface area contributed by atoms with E-state index in [1.165, 1.54) is 12.5 Å². The van der Waals surface area contributed by atoms with Crippen LogP contribution in [-0.4, -0.2) is 34.8 Å². The smallest absolute Gasteiger partial charge is 0.336 e. The SMILES string of the molecule is CC1(C)Oc2ccc3ccc(=O)oc3c2[C@@H](N2CCCCC2)[C@@H]1O. The summed E-state index contributed by atoms with van der Waals surface area (Å²) in [5, 5.41) is 11.9. The predicted octanol–water partition coefficient (Wildman–Crippen LogP) is 2.85. The second kappa shape index (κ2) is 5.60. The van der Waals surface area contributed by atoms with Gasteiger partial charge in [0, 0.05) is 11.5 Å². The molecule has 0 aliphatic carbocycles. The standard InChI is InChI=1S/C19H23NO4/c1-19(2)18(22)16(20-10-4-3-5-11-20)15-13(24-19)8-6-12-7-9-14(21)23-17(12)15/h6-9,16,18,22H,3-5,10-11H2,1-2H3/t16-,18+/m1/s1. The lowest BCUT2D eigenvalue weighted by Gasteiger charge is -2.47. The van der Waals surface area contributed by atoms with Crippen molar-refractivity contribution in [2.45, 2.75) is 50.9 Å². The topological polar surface area (TPSA) is 62.9 Å². The minimum absolute atomic E-state index is 0.224. The van der Waals surface area contributed by atoms with Crippen LogP contribution in [0.1, 0.15) is 44.7 Å². The molecule has 1 N–H and O–H groups in total. The lowest BCUT2D eigenvalue weighted by Crippen LogP contribution is -2.54. The van der Waals surface area contributed by atoms with Crippen LogP contribution in [0.25, 0.3) is 11.0 Å². The van der Waals surface area contributed by atoms with Gasteiger partial charge in [-0.15, -0.1) is 0 Å². The summed E-state index contributed by atoms with van der Waals surface area (Å²) in [4.78, 5) is 14.1. The number of nitrogens with zero attached hydrogens (tertiary/aromatic N) is 1. The van der Waals surface area contributed by atoms with Gasteiger partial charge in [0.15, 0.2) is 0 Å². The van der Waals surface area contributed by atoms with Gasteiger partial charge in [-0.05, 0) is 58.0 Å². The van der Waals surface area contributed by atoms with Gasteiger partial charge in [-0.25, -0.2) is 4.79 Å². The Balaban J connectivity index is 1.95. The number of hydrogen-bond donors (Lipinski definition) is 1. The average Bonchev–Trinajstić information content (AvgIpc) is 2.56. The van der Waals surface area contributed by atoms with Gasteiger partial charge >= 0.3 is 5.63 Å². The second-order valence-electron chi connectivity index (χ2n) is 7.34. The van der Waals surface area contributed by atoms with Crippen molar-refractivity contribution in [3.8, 4) is 5.75 Å². The first-order chi connectivity index (χ1) is 11.5. The first-order valence-electron chi connectivity index (χ1n) is 8.65. The van der Waals surface area contributed by atoms with Crippen molar-refractivity contribution in [1.82, 2.24) is 4.90 Å². The number of rotatable bonds is 1. The molecule has 1 saturated heterocycles. The summed E-state index contributed by atoms with van der Waals surface area (Å²) >= 11 is 0. The fourth-order valence-corrected chi connectivity index (χ4v) is 3.97. The Morgan fingerprint density at radius 3 is 2.58 bits per heavy atom. The first kappa shape index (κ1) is 15.7. The van der Waals surface area contributed by atoms with Crippen LogP contribution in [0.4, 0.5) is 0 Å². The van der Waals surface area contributed by atoms with Crippen molar-refractivity contribution in [3.63, 3.8) is 0 Å². The van der Waals surface area contributed by atoms with E-state index in [1.54, 1.807) is 6.07 Å². The highest BCUT2D eigenvalue weighted by Gasteiger charge is 2.46. The van der Waals surface area contributed by atoms with Crippen LogP contribution in [0.2, 0.25) is 0 Å². The lowest BCUT2D eigenvalue weighted by atomic mass is 9.84. The fourth-order valence-electron chi connectivity index (χ4n) is 3.97. The lowest BCUT2D eigenvalue weighted by molar-refractivity contribution is -0.0958. The van der Waals surface area contributed by atoms with E-state index in [2.05, 4.69) is 4.90 Å². The molecule has 0 spiro atoms. The van der Waals surface area contributed by atoms with Gasteiger partial charge < -0.3 is 14.3 Å². The molecule has 24 heavy (non-hydrogen) atoms. The minimum Gasteiger partial charge on any atom is -0.485 e. The molecule has 1 aromatic carbocycles. The maximum absolute atomic E-state index is 11.8. The zero-order valence-corrected chi connectivity index (χ0v) is 14.1. The fraction of sp³-hybridized carbons (Fsp3) is 0.526. The van der Waals surface area contributed by atoms with Gasteiger partial charge in [-0.2, -0.15) is 0 Å². The molecule has 2 aliphatic rings. The molecule has 5 heteroatoms. The van der Waals surface area contributed by atoms with E-state index in [9.17, 15) is 9.90 Å². The summed E-state index contributed by atoms with van der Waals surface area (Å²) in [7, 11) is 0. The Kier molecular flexibility index (Phi) is 3.66. The van der Waals surface area contributed by atoms with Gasteiger partial charge in [-0.1, -0.05) is 6.42 Å². The number of piperidine rings is 1. The molecule has 0 saturated carbocycles. The quantitative estimate of drug-likeness (QED) is 0.815. The van der Waals surface area contributed by atoms with Crippen LogP contribution in [-0.2, 0) is 0 Å². The third-order valence-electron chi connectivity index (χ3n) is 5.25. The monoisotopic (exact) mass is 329 g/mol. The molecule has 0 amide bonds.